The number of nitrogens with zero attached hydrogens (tertiary/aromatic N) is 2. The van der Waals surface area contributed by atoms with Gasteiger partial charge in [-0.25, -0.2) is 4.98 Å². The van der Waals surface area contributed by atoms with Crippen LogP contribution in [0, 0.1) is 6.92 Å². The van der Waals surface area contributed by atoms with Gasteiger partial charge < -0.3 is 19.2 Å². The molecule has 0 bridgehead atoms. The van der Waals surface area contributed by atoms with Crippen molar-refractivity contribution in [2.24, 2.45) is 0 Å². The lowest BCUT2D eigenvalue weighted by Crippen LogP contribution is -2.26. The summed E-state index contributed by atoms with van der Waals surface area (Å²) in [6, 6.07) is 9.30. The van der Waals surface area contributed by atoms with E-state index in [4.69, 9.17) is 9.47 Å². The van der Waals surface area contributed by atoms with E-state index >= 15 is 0 Å². The van der Waals surface area contributed by atoms with Crippen LogP contribution in [0.25, 0.3) is 5.65 Å². The van der Waals surface area contributed by atoms with E-state index in [1.54, 1.807) is 20.4 Å². The normalized spacial score (nSPS) is 12.0. The van der Waals surface area contributed by atoms with Crippen LogP contribution in [0.15, 0.2) is 42.7 Å². The van der Waals surface area contributed by atoms with Crippen LogP contribution in [0.5, 0.6) is 11.5 Å². The third-order valence-electron chi connectivity index (χ3n) is 4.10. The number of pyridine rings is 1. The molecule has 2 aromatic heterocycles. The van der Waals surface area contributed by atoms with E-state index in [0.29, 0.717) is 17.2 Å². The van der Waals surface area contributed by atoms with Gasteiger partial charge in [-0.05, 0) is 49.2 Å². The van der Waals surface area contributed by atoms with E-state index in [9.17, 15) is 4.79 Å². The molecule has 0 saturated heterocycles. The lowest BCUT2D eigenvalue weighted by atomic mass is 10.1. The van der Waals surface area contributed by atoms with Gasteiger partial charge in [-0.15, -0.1) is 0 Å². The third kappa shape index (κ3) is 3.42. The van der Waals surface area contributed by atoms with Crippen LogP contribution >= 0.6 is 0 Å². The molecular weight excluding hydrogens is 318 g/mol. The fourth-order valence-corrected chi connectivity index (χ4v) is 2.67. The molecule has 6 heteroatoms. The first kappa shape index (κ1) is 16.8. The number of ether oxygens (including phenoxy) is 2. The van der Waals surface area contributed by atoms with Gasteiger partial charge in [0.15, 0.2) is 11.5 Å². The number of methoxy groups -OCH3 is 2. The van der Waals surface area contributed by atoms with Gasteiger partial charge in [0.1, 0.15) is 11.3 Å². The number of aromatic nitrogens is 2. The van der Waals surface area contributed by atoms with Gasteiger partial charge in [0.2, 0.25) is 0 Å². The van der Waals surface area contributed by atoms with Crippen molar-refractivity contribution in [2.45, 2.75) is 19.9 Å². The maximum Gasteiger partial charge on any atom is 0.271 e. The van der Waals surface area contributed by atoms with Crippen molar-refractivity contribution in [3.8, 4) is 11.5 Å². The summed E-state index contributed by atoms with van der Waals surface area (Å²) in [5.74, 6) is 1.06. The number of hydrogen-bond donors (Lipinski definition) is 1. The smallest absolute Gasteiger partial charge is 0.271 e. The van der Waals surface area contributed by atoms with Crippen molar-refractivity contribution >= 4 is 11.6 Å². The molecule has 0 radical (unpaired) electrons. The quantitative estimate of drug-likeness (QED) is 0.775. The number of imidazole rings is 1. The molecule has 2 heterocycles. The largest absolute Gasteiger partial charge is 0.493 e. The summed E-state index contributed by atoms with van der Waals surface area (Å²) in [4.78, 5) is 16.9. The van der Waals surface area contributed by atoms with Crippen LogP contribution in [-0.4, -0.2) is 29.5 Å². The standard InChI is InChI=1S/C19H21N3O3/c1-12-7-8-22-11-15(21-18(22)9-12)19(23)20-13(2)14-5-6-16(24-3)17(10-14)25-4/h5-11,13H,1-4H3,(H,20,23)/t13-/m1/s1. The molecule has 1 atom stereocenters. The topological polar surface area (TPSA) is 64.9 Å². The summed E-state index contributed by atoms with van der Waals surface area (Å²) < 4.78 is 12.4. The summed E-state index contributed by atoms with van der Waals surface area (Å²) in [6.45, 7) is 3.91. The first-order valence-corrected chi connectivity index (χ1v) is 8.00. The average molecular weight is 339 g/mol. The summed E-state index contributed by atoms with van der Waals surface area (Å²) in [5, 5.41) is 2.97. The summed E-state index contributed by atoms with van der Waals surface area (Å²) in [6.07, 6.45) is 3.62. The molecule has 0 aliphatic carbocycles. The minimum atomic E-state index is -0.219. The molecule has 6 nitrogen and oxygen atoms in total. The molecule has 0 aliphatic rings. The molecule has 130 valence electrons. The van der Waals surface area contributed by atoms with Gasteiger partial charge in [-0.1, -0.05) is 6.07 Å². The van der Waals surface area contributed by atoms with Gasteiger partial charge in [-0.2, -0.15) is 0 Å². The van der Waals surface area contributed by atoms with Crippen LogP contribution in [0.1, 0.15) is 34.6 Å². The zero-order valence-corrected chi connectivity index (χ0v) is 14.7. The maximum absolute atomic E-state index is 12.5. The minimum absolute atomic E-state index is 0.196. The highest BCUT2D eigenvalue weighted by atomic mass is 16.5. The van der Waals surface area contributed by atoms with Gasteiger partial charge in [0.05, 0.1) is 20.3 Å². The number of benzene rings is 1. The fourth-order valence-electron chi connectivity index (χ4n) is 2.67. The van der Waals surface area contributed by atoms with Crippen molar-refractivity contribution in [1.82, 2.24) is 14.7 Å². The van der Waals surface area contributed by atoms with E-state index in [2.05, 4.69) is 10.3 Å². The minimum Gasteiger partial charge on any atom is -0.493 e. The summed E-state index contributed by atoms with van der Waals surface area (Å²) in [7, 11) is 3.18. The van der Waals surface area contributed by atoms with Crippen LogP contribution < -0.4 is 14.8 Å². The van der Waals surface area contributed by atoms with Crippen molar-refractivity contribution < 1.29 is 14.3 Å². The zero-order chi connectivity index (χ0) is 18.0. The molecule has 3 aromatic rings. The second kappa shape index (κ2) is 6.84. The summed E-state index contributed by atoms with van der Waals surface area (Å²) >= 11 is 0. The SMILES string of the molecule is COc1ccc([C@@H](C)NC(=O)c2cn3ccc(C)cc3n2)cc1OC. The number of nitrogens with one attached hydrogen (secondary N) is 1. The highest BCUT2D eigenvalue weighted by Gasteiger charge is 2.16. The Hall–Kier alpha value is -3.02. The first-order valence-electron chi connectivity index (χ1n) is 8.00. The molecule has 0 saturated carbocycles. The third-order valence-corrected chi connectivity index (χ3v) is 4.10. The summed E-state index contributed by atoms with van der Waals surface area (Å²) in [5.41, 5.74) is 3.16. The van der Waals surface area contributed by atoms with Gasteiger partial charge in [-0.3, -0.25) is 4.79 Å². The molecular formula is C19H21N3O3. The first-order chi connectivity index (χ1) is 12.0. The number of rotatable bonds is 5. The number of aryl methyl sites for hydroxylation is 1. The molecule has 0 fully saturated rings. The van der Waals surface area contributed by atoms with Crippen molar-refractivity contribution in [3.63, 3.8) is 0 Å². The van der Waals surface area contributed by atoms with Crippen LogP contribution in [-0.2, 0) is 0 Å². The maximum atomic E-state index is 12.5. The van der Waals surface area contributed by atoms with Crippen LogP contribution in [0.2, 0.25) is 0 Å². The number of amides is 1. The Morgan fingerprint density at radius 2 is 1.92 bits per heavy atom. The zero-order valence-electron chi connectivity index (χ0n) is 14.7. The van der Waals surface area contributed by atoms with Gasteiger partial charge in [0, 0.05) is 12.4 Å². The Labute approximate surface area is 146 Å². The monoisotopic (exact) mass is 339 g/mol. The predicted octanol–water partition coefficient (Wildman–Crippen LogP) is 3.15. The number of carbonyl (C=O) groups excluding carboxylic acids is 1. The number of fused-ring (bicyclic) bond motifs is 1. The molecule has 0 spiro atoms. The average Bonchev–Trinajstić information content (AvgIpc) is 3.04. The Balaban J connectivity index is 1.79. The molecule has 1 N–H and O–H groups in total. The molecule has 0 unspecified atom stereocenters. The lowest BCUT2D eigenvalue weighted by molar-refractivity contribution is 0.0935. The van der Waals surface area contributed by atoms with Crippen molar-refractivity contribution in [2.75, 3.05) is 14.2 Å². The van der Waals surface area contributed by atoms with Crippen molar-refractivity contribution in [3.05, 3.63) is 59.5 Å². The number of carbonyl (C=O) groups is 1. The molecule has 25 heavy (non-hydrogen) atoms. The van der Waals surface area contributed by atoms with Crippen molar-refractivity contribution in [1.29, 1.82) is 0 Å². The van der Waals surface area contributed by atoms with Crippen LogP contribution in [0.4, 0.5) is 0 Å². The molecule has 3 rings (SSSR count). The van der Waals surface area contributed by atoms with Gasteiger partial charge in [0.25, 0.3) is 5.91 Å². The van der Waals surface area contributed by atoms with E-state index in [-0.39, 0.29) is 11.9 Å². The second-order valence-corrected chi connectivity index (χ2v) is 5.91. The Morgan fingerprint density at radius 1 is 1.16 bits per heavy atom. The second-order valence-electron chi connectivity index (χ2n) is 5.91. The van der Waals surface area contributed by atoms with E-state index in [1.807, 2.05) is 54.8 Å². The molecule has 1 amide bonds. The van der Waals surface area contributed by atoms with Gasteiger partial charge >= 0.3 is 0 Å². The highest BCUT2D eigenvalue weighted by Crippen LogP contribution is 2.29. The number of hydrogen-bond acceptors (Lipinski definition) is 4. The predicted molar refractivity (Wildman–Crippen MR) is 95.4 cm³/mol. The Kier molecular flexibility index (Phi) is 4.61. The molecule has 0 aliphatic heterocycles. The van der Waals surface area contributed by atoms with E-state index in [1.165, 1.54) is 0 Å². The van der Waals surface area contributed by atoms with E-state index < -0.39 is 0 Å². The lowest BCUT2D eigenvalue weighted by Gasteiger charge is -2.16. The Bertz CT molecular complexity index is 917. The van der Waals surface area contributed by atoms with Crippen LogP contribution in [0.3, 0.4) is 0 Å². The van der Waals surface area contributed by atoms with E-state index in [0.717, 1.165) is 16.8 Å². The fraction of sp³-hybridized carbons (Fsp3) is 0.263. The molecule has 1 aromatic carbocycles. The highest BCUT2D eigenvalue weighted by molar-refractivity contribution is 5.93. The Morgan fingerprint density at radius 3 is 2.64 bits per heavy atom.